The molecule has 0 aliphatic heterocycles. The van der Waals surface area contributed by atoms with E-state index in [2.05, 4.69) is 39.8 Å². The van der Waals surface area contributed by atoms with Gasteiger partial charge in [0.05, 0.1) is 6.54 Å². The highest BCUT2D eigenvalue weighted by atomic mass is 127. The van der Waals surface area contributed by atoms with Gasteiger partial charge in [-0.15, -0.1) is 0 Å². The zero-order chi connectivity index (χ0) is 13.8. The van der Waals surface area contributed by atoms with E-state index in [9.17, 15) is 4.79 Å². The summed E-state index contributed by atoms with van der Waals surface area (Å²) in [6.45, 7) is 8.80. The lowest BCUT2D eigenvalue weighted by Gasteiger charge is -2.20. The maximum Gasteiger partial charge on any atom is 0.407 e. The van der Waals surface area contributed by atoms with E-state index < -0.39 is 0 Å². The number of aromatic nitrogens is 2. The van der Waals surface area contributed by atoms with Gasteiger partial charge < -0.3 is 14.6 Å². The third-order valence-corrected chi connectivity index (χ3v) is 2.71. The molecule has 102 valence electrons. The molecule has 18 heavy (non-hydrogen) atoms. The first kappa shape index (κ1) is 15.3. The first-order valence-electron chi connectivity index (χ1n) is 5.98. The zero-order valence-electron chi connectivity index (χ0n) is 11.3. The second-order valence-electron chi connectivity index (χ2n) is 5.04. The molecule has 5 nitrogen and oxygen atoms in total. The largest absolute Gasteiger partial charge is 0.448 e. The van der Waals surface area contributed by atoms with Crippen molar-refractivity contribution in [2.24, 2.45) is 0 Å². The van der Waals surface area contributed by atoms with Crippen LogP contribution in [0.5, 0.6) is 0 Å². The van der Waals surface area contributed by atoms with Crippen molar-refractivity contribution in [3.63, 3.8) is 0 Å². The summed E-state index contributed by atoms with van der Waals surface area (Å²) in [4.78, 5) is 15.8. The van der Waals surface area contributed by atoms with Gasteiger partial charge in [0.1, 0.15) is 16.1 Å². The molecule has 1 rings (SSSR count). The molecular formula is C12H20IN3O2. The third kappa shape index (κ3) is 5.24. The summed E-state index contributed by atoms with van der Waals surface area (Å²) in [6.07, 6.45) is 2.46. The van der Waals surface area contributed by atoms with Gasteiger partial charge in [-0.25, -0.2) is 9.78 Å². The van der Waals surface area contributed by atoms with Gasteiger partial charge in [0, 0.05) is 18.2 Å². The molecular weight excluding hydrogens is 345 g/mol. The number of ether oxygens (including phenoxy) is 1. The molecule has 1 aromatic heterocycles. The van der Waals surface area contributed by atoms with Crippen molar-refractivity contribution in [1.82, 2.24) is 14.9 Å². The minimum absolute atomic E-state index is 0.268. The number of carbonyl (C=O) groups excluding carboxylic acids is 1. The van der Waals surface area contributed by atoms with Gasteiger partial charge >= 0.3 is 6.09 Å². The van der Waals surface area contributed by atoms with Crippen molar-refractivity contribution in [3.05, 3.63) is 15.7 Å². The van der Waals surface area contributed by atoms with E-state index in [4.69, 9.17) is 4.74 Å². The molecule has 0 aliphatic carbocycles. The van der Waals surface area contributed by atoms with Crippen LogP contribution in [0.4, 0.5) is 4.79 Å². The topological polar surface area (TPSA) is 56.2 Å². The molecule has 0 unspecified atom stereocenters. The van der Waals surface area contributed by atoms with Crippen molar-refractivity contribution >= 4 is 28.7 Å². The molecule has 1 amide bonds. The quantitative estimate of drug-likeness (QED) is 0.835. The predicted octanol–water partition coefficient (Wildman–Crippen LogP) is 2.57. The Bertz CT molecular complexity index is 410. The smallest absolute Gasteiger partial charge is 0.407 e. The first-order valence-corrected chi connectivity index (χ1v) is 7.06. The number of carbonyl (C=O) groups is 1. The van der Waals surface area contributed by atoms with E-state index in [1.54, 1.807) is 0 Å². The molecule has 1 N–H and O–H groups in total. The molecule has 0 saturated carbocycles. The predicted molar refractivity (Wildman–Crippen MR) is 78.6 cm³/mol. The van der Waals surface area contributed by atoms with Crippen LogP contribution in [0.1, 0.15) is 33.5 Å². The van der Waals surface area contributed by atoms with Crippen LogP contribution in [0, 0.1) is 3.70 Å². The lowest BCUT2D eigenvalue weighted by Crippen LogP contribution is -2.41. The number of nitrogens with zero attached hydrogens (tertiary/aromatic N) is 2. The van der Waals surface area contributed by atoms with Crippen LogP contribution in [0.25, 0.3) is 0 Å². The second kappa shape index (κ2) is 6.40. The minimum Gasteiger partial charge on any atom is -0.448 e. The van der Waals surface area contributed by atoms with Crippen LogP contribution in [-0.4, -0.2) is 27.8 Å². The molecule has 0 bridgehead atoms. The normalized spacial score (nSPS) is 11.4. The average Bonchev–Trinajstić information content (AvgIpc) is 2.56. The number of amides is 1. The van der Waals surface area contributed by atoms with Gasteiger partial charge in [0.2, 0.25) is 0 Å². The van der Waals surface area contributed by atoms with E-state index in [0.717, 1.165) is 15.9 Å². The van der Waals surface area contributed by atoms with Crippen molar-refractivity contribution < 1.29 is 9.53 Å². The number of nitrogens with one attached hydrogen (secondary N) is 1. The van der Waals surface area contributed by atoms with Crippen molar-refractivity contribution in [1.29, 1.82) is 0 Å². The molecule has 6 heteroatoms. The van der Waals surface area contributed by atoms with Crippen LogP contribution in [0.2, 0.25) is 0 Å². The van der Waals surface area contributed by atoms with Gasteiger partial charge in [-0.1, -0.05) is 6.92 Å². The number of halogens is 1. The summed E-state index contributed by atoms with van der Waals surface area (Å²) in [7, 11) is 0. The highest BCUT2D eigenvalue weighted by Crippen LogP contribution is 2.07. The summed E-state index contributed by atoms with van der Waals surface area (Å²) in [6, 6.07) is 0. The number of rotatable bonds is 4. The van der Waals surface area contributed by atoms with E-state index >= 15 is 0 Å². The van der Waals surface area contributed by atoms with Gasteiger partial charge in [-0.2, -0.15) is 0 Å². The van der Waals surface area contributed by atoms with Crippen LogP contribution < -0.4 is 5.32 Å². The molecule has 0 spiro atoms. The molecule has 0 fully saturated rings. The highest BCUT2D eigenvalue weighted by Gasteiger charge is 2.14. The van der Waals surface area contributed by atoms with E-state index in [0.29, 0.717) is 13.2 Å². The molecule has 0 radical (unpaired) electrons. The average molecular weight is 365 g/mol. The second-order valence-corrected chi connectivity index (χ2v) is 6.14. The van der Waals surface area contributed by atoms with Gasteiger partial charge in [-0.3, -0.25) is 0 Å². The molecule has 0 atom stereocenters. The highest BCUT2D eigenvalue weighted by molar-refractivity contribution is 14.1. The van der Waals surface area contributed by atoms with Crippen LogP contribution in [-0.2, 0) is 17.7 Å². The lowest BCUT2D eigenvalue weighted by molar-refractivity contribution is 0.133. The number of hydrogen-bond donors (Lipinski definition) is 1. The zero-order valence-corrected chi connectivity index (χ0v) is 13.4. The van der Waals surface area contributed by atoms with E-state index in [-0.39, 0.29) is 11.6 Å². The number of alkyl carbamates (subject to hydrolysis) is 1. The molecule has 0 aromatic carbocycles. The monoisotopic (exact) mass is 365 g/mol. The fourth-order valence-corrected chi connectivity index (χ4v) is 2.09. The summed E-state index contributed by atoms with van der Waals surface area (Å²) < 4.78 is 8.11. The van der Waals surface area contributed by atoms with Crippen molar-refractivity contribution in [2.75, 3.05) is 6.61 Å². The summed E-state index contributed by atoms with van der Waals surface area (Å²) in [5.74, 6) is 1.01. The molecule has 0 saturated heterocycles. The van der Waals surface area contributed by atoms with Crippen LogP contribution in [0.3, 0.4) is 0 Å². The summed E-state index contributed by atoms with van der Waals surface area (Å²) in [5, 5.41) is 2.75. The summed E-state index contributed by atoms with van der Waals surface area (Å²) >= 11 is 2.18. The molecule has 0 aliphatic rings. The van der Waals surface area contributed by atoms with E-state index in [1.165, 1.54) is 0 Å². The molecule has 1 heterocycles. The Morgan fingerprint density at radius 3 is 2.78 bits per heavy atom. The van der Waals surface area contributed by atoms with Crippen LogP contribution in [0.15, 0.2) is 6.20 Å². The fraction of sp³-hybridized carbons (Fsp3) is 0.667. The third-order valence-electron chi connectivity index (χ3n) is 2.19. The lowest BCUT2D eigenvalue weighted by atomic mass is 10.1. The Hall–Kier alpha value is -0.790. The number of imidazole rings is 1. The Morgan fingerprint density at radius 2 is 2.22 bits per heavy atom. The van der Waals surface area contributed by atoms with Crippen molar-refractivity contribution in [2.45, 2.75) is 46.2 Å². The Labute approximate surface area is 121 Å². The van der Waals surface area contributed by atoms with Gasteiger partial charge in [0.25, 0.3) is 0 Å². The Balaban J connectivity index is 2.39. The van der Waals surface area contributed by atoms with Crippen molar-refractivity contribution in [3.8, 4) is 0 Å². The first-order chi connectivity index (χ1) is 8.31. The maximum atomic E-state index is 11.4. The van der Waals surface area contributed by atoms with E-state index in [1.807, 2.05) is 31.5 Å². The van der Waals surface area contributed by atoms with Gasteiger partial charge in [0.15, 0.2) is 0 Å². The minimum atomic E-state index is -0.379. The summed E-state index contributed by atoms with van der Waals surface area (Å²) in [5.41, 5.74) is -0.268. The standard InChI is InChI=1S/C12H20IN3O2/c1-5-10-14-9(13)8-16(10)6-7-18-11(17)15-12(2,3)4/h8H,5-7H2,1-4H3,(H,15,17). The van der Waals surface area contributed by atoms with Crippen LogP contribution >= 0.6 is 22.6 Å². The number of aryl methyl sites for hydroxylation is 1. The Morgan fingerprint density at radius 1 is 1.56 bits per heavy atom. The molecule has 1 aromatic rings. The maximum absolute atomic E-state index is 11.4. The Kier molecular flexibility index (Phi) is 5.43. The van der Waals surface area contributed by atoms with Gasteiger partial charge in [-0.05, 0) is 43.4 Å². The fourth-order valence-electron chi connectivity index (χ4n) is 1.47. The number of hydrogen-bond acceptors (Lipinski definition) is 3. The SMILES string of the molecule is CCc1nc(I)cn1CCOC(=O)NC(C)(C)C.